The highest BCUT2D eigenvalue weighted by molar-refractivity contribution is 5.82. The highest BCUT2D eigenvalue weighted by Gasteiger charge is 2.31. The van der Waals surface area contributed by atoms with E-state index in [4.69, 9.17) is 4.74 Å². The number of benzene rings is 2. The number of ether oxygens (including phenoxy) is 1. The monoisotopic (exact) mass is 309 g/mol. The Morgan fingerprint density at radius 3 is 2.65 bits per heavy atom. The molecule has 2 aromatic carbocycles. The number of allylic oxidation sites excluding steroid dienone is 1. The van der Waals surface area contributed by atoms with E-state index in [1.807, 2.05) is 24.3 Å². The van der Waals surface area contributed by atoms with Crippen LogP contribution in [0.25, 0.3) is 5.57 Å². The van der Waals surface area contributed by atoms with E-state index < -0.39 is 0 Å². The summed E-state index contributed by atoms with van der Waals surface area (Å²) in [4.78, 5) is 2.36. The zero-order valence-electron chi connectivity index (χ0n) is 14.1. The minimum absolute atomic E-state index is 0.100. The molecule has 0 aromatic heterocycles. The quantitative estimate of drug-likeness (QED) is 0.899. The van der Waals surface area contributed by atoms with Crippen LogP contribution in [0.2, 0.25) is 0 Å². The second-order valence-corrected chi connectivity index (χ2v) is 6.62. The van der Waals surface area contributed by atoms with Crippen LogP contribution in [0.15, 0.2) is 48.5 Å². The lowest BCUT2D eigenvalue weighted by atomic mass is 9.88. The lowest BCUT2D eigenvalue weighted by Crippen LogP contribution is -2.44. The molecule has 1 N–H and O–H groups in total. The van der Waals surface area contributed by atoms with Crippen molar-refractivity contribution < 1.29 is 9.84 Å². The first-order valence-corrected chi connectivity index (χ1v) is 7.84. The summed E-state index contributed by atoms with van der Waals surface area (Å²) in [5, 5.41) is 9.82. The van der Waals surface area contributed by atoms with Crippen LogP contribution < -0.4 is 9.64 Å². The molecule has 1 aliphatic rings. The summed E-state index contributed by atoms with van der Waals surface area (Å²) in [6.07, 6.45) is 2.26. The molecule has 0 amide bonds. The summed E-state index contributed by atoms with van der Waals surface area (Å²) >= 11 is 0. The number of rotatable bonds is 3. The maximum absolute atomic E-state index is 9.82. The van der Waals surface area contributed by atoms with Gasteiger partial charge in [0.2, 0.25) is 0 Å². The second-order valence-electron chi connectivity index (χ2n) is 6.62. The van der Waals surface area contributed by atoms with Gasteiger partial charge in [-0.05, 0) is 62.2 Å². The number of aromatic hydroxyl groups is 1. The Morgan fingerprint density at radius 2 is 1.91 bits per heavy atom. The maximum Gasteiger partial charge on any atom is 0.119 e. The molecule has 0 radical (unpaired) electrons. The van der Waals surface area contributed by atoms with Crippen molar-refractivity contribution in [3.63, 3.8) is 0 Å². The smallest absolute Gasteiger partial charge is 0.119 e. The fourth-order valence-corrected chi connectivity index (χ4v) is 3.31. The Kier molecular flexibility index (Phi) is 3.80. The van der Waals surface area contributed by atoms with Crippen molar-refractivity contribution in [1.82, 2.24) is 0 Å². The average Bonchev–Trinajstić information content (AvgIpc) is 2.51. The van der Waals surface area contributed by atoms with Crippen molar-refractivity contribution in [3.05, 3.63) is 59.7 Å². The fourth-order valence-electron chi connectivity index (χ4n) is 3.31. The standard InChI is InChI=1S/C20H23NO2/c1-14-12-20(2,3)21(19-9-8-16(22)11-18(14)19)13-15-6-5-7-17(10-15)23-4/h5-12,22H,13H2,1-4H3. The summed E-state index contributed by atoms with van der Waals surface area (Å²) in [5.41, 5.74) is 4.53. The second kappa shape index (κ2) is 5.65. The summed E-state index contributed by atoms with van der Waals surface area (Å²) in [6, 6.07) is 13.8. The van der Waals surface area contributed by atoms with Gasteiger partial charge < -0.3 is 14.7 Å². The molecule has 1 heterocycles. The van der Waals surface area contributed by atoms with Crippen LogP contribution in [0.4, 0.5) is 5.69 Å². The molecule has 3 rings (SSSR count). The SMILES string of the molecule is COc1cccc(CN2c3ccc(O)cc3C(C)=CC2(C)C)c1. The molecule has 0 unspecified atom stereocenters. The first-order valence-electron chi connectivity index (χ1n) is 7.84. The highest BCUT2D eigenvalue weighted by atomic mass is 16.5. The van der Waals surface area contributed by atoms with Crippen LogP contribution in [0.1, 0.15) is 31.9 Å². The Labute approximate surface area is 137 Å². The maximum atomic E-state index is 9.82. The molecule has 0 saturated carbocycles. The van der Waals surface area contributed by atoms with Crippen molar-refractivity contribution in [2.24, 2.45) is 0 Å². The molecule has 0 saturated heterocycles. The third kappa shape index (κ3) is 2.91. The highest BCUT2D eigenvalue weighted by Crippen LogP contribution is 2.41. The van der Waals surface area contributed by atoms with Crippen LogP contribution in [-0.2, 0) is 6.54 Å². The summed E-state index contributed by atoms with van der Waals surface area (Å²) in [5.74, 6) is 1.17. The number of hydrogen-bond donors (Lipinski definition) is 1. The Hall–Kier alpha value is -2.42. The summed E-state index contributed by atoms with van der Waals surface area (Å²) in [6.45, 7) is 7.31. The molecule has 1 aliphatic heterocycles. The van der Waals surface area contributed by atoms with Crippen LogP contribution >= 0.6 is 0 Å². The van der Waals surface area contributed by atoms with E-state index in [2.05, 4.69) is 43.9 Å². The third-order valence-corrected chi connectivity index (χ3v) is 4.44. The number of phenolic OH excluding ortho intramolecular Hbond substituents is 1. The van der Waals surface area contributed by atoms with Crippen LogP contribution in [0.5, 0.6) is 11.5 Å². The number of hydrogen-bond acceptors (Lipinski definition) is 3. The molecule has 2 aromatic rings. The van der Waals surface area contributed by atoms with Gasteiger partial charge in [0.15, 0.2) is 0 Å². The molecule has 0 fully saturated rings. The van der Waals surface area contributed by atoms with Gasteiger partial charge in [-0.25, -0.2) is 0 Å². The first kappa shape index (κ1) is 15.5. The van der Waals surface area contributed by atoms with Crippen molar-refractivity contribution in [2.45, 2.75) is 32.9 Å². The minimum Gasteiger partial charge on any atom is -0.508 e. The molecule has 120 valence electrons. The molecule has 0 atom stereocenters. The van der Waals surface area contributed by atoms with Gasteiger partial charge in [-0.3, -0.25) is 0 Å². The number of methoxy groups -OCH3 is 1. The van der Waals surface area contributed by atoms with Gasteiger partial charge in [0.1, 0.15) is 11.5 Å². The molecular formula is C20H23NO2. The first-order chi connectivity index (χ1) is 10.9. The molecule has 23 heavy (non-hydrogen) atoms. The van der Waals surface area contributed by atoms with Crippen LogP contribution in [0.3, 0.4) is 0 Å². The minimum atomic E-state index is -0.100. The van der Waals surface area contributed by atoms with E-state index >= 15 is 0 Å². The average molecular weight is 309 g/mol. The summed E-state index contributed by atoms with van der Waals surface area (Å²) in [7, 11) is 1.69. The van der Waals surface area contributed by atoms with E-state index in [0.29, 0.717) is 5.75 Å². The van der Waals surface area contributed by atoms with E-state index in [9.17, 15) is 5.11 Å². The summed E-state index contributed by atoms with van der Waals surface area (Å²) < 4.78 is 5.33. The Balaban J connectivity index is 2.03. The lowest BCUT2D eigenvalue weighted by molar-refractivity contribution is 0.414. The van der Waals surface area contributed by atoms with E-state index in [-0.39, 0.29) is 5.54 Å². The van der Waals surface area contributed by atoms with Crippen LogP contribution in [0, 0.1) is 0 Å². The number of phenols is 1. The van der Waals surface area contributed by atoms with Crippen molar-refractivity contribution in [3.8, 4) is 11.5 Å². The zero-order valence-corrected chi connectivity index (χ0v) is 14.1. The van der Waals surface area contributed by atoms with Gasteiger partial charge in [0, 0.05) is 17.8 Å². The predicted molar refractivity (Wildman–Crippen MR) is 95.0 cm³/mol. The van der Waals surface area contributed by atoms with Gasteiger partial charge in [0.25, 0.3) is 0 Å². The van der Waals surface area contributed by atoms with Crippen molar-refractivity contribution >= 4 is 11.3 Å². The van der Waals surface area contributed by atoms with Gasteiger partial charge >= 0.3 is 0 Å². The number of anilines is 1. The normalized spacial score (nSPS) is 15.8. The Bertz CT molecular complexity index is 762. The molecule has 0 aliphatic carbocycles. The third-order valence-electron chi connectivity index (χ3n) is 4.44. The topological polar surface area (TPSA) is 32.7 Å². The van der Waals surface area contributed by atoms with Gasteiger partial charge in [-0.2, -0.15) is 0 Å². The molecule has 3 nitrogen and oxygen atoms in total. The zero-order chi connectivity index (χ0) is 16.6. The van der Waals surface area contributed by atoms with Gasteiger partial charge in [0.05, 0.1) is 12.6 Å². The fraction of sp³-hybridized carbons (Fsp3) is 0.300. The van der Waals surface area contributed by atoms with Gasteiger partial charge in [-0.15, -0.1) is 0 Å². The lowest BCUT2D eigenvalue weighted by Gasteiger charge is -2.43. The van der Waals surface area contributed by atoms with Crippen molar-refractivity contribution in [1.29, 1.82) is 0 Å². The molecular weight excluding hydrogens is 286 g/mol. The van der Waals surface area contributed by atoms with E-state index in [1.165, 1.54) is 11.1 Å². The molecule has 0 bridgehead atoms. The largest absolute Gasteiger partial charge is 0.508 e. The van der Waals surface area contributed by atoms with E-state index in [1.54, 1.807) is 13.2 Å². The number of nitrogens with zero attached hydrogens (tertiary/aromatic N) is 1. The Morgan fingerprint density at radius 1 is 1.13 bits per heavy atom. The predicted octanol–water partition coefficient (Wildman–Crippen LogP) is 4.60. The van der Waals surface area contributed by atoms with Gasteiger partial charge in [-0.1, -0.05) is 18.2 Å². The van der Waals surface area contributed by atoms with Crippen molar-refractivity contribution in [2.75, 3.05) is 12.0 Å². The number of fused-ring (bicyclic) bond motifs is 1. The molecule has 0 spiro atoms. The molecule has 3 heteroatoms. The van der Waals surface area contributed by atoms with Crippen LogP contribution in [-0.4, -0.2) is 17.8 Å². The van der Waals surface area contributed by atoms with E-state index in [0.717, 1.165) is 23.5 Å².